The molecule has 0 saturated carbocycles. The largest absolute Gasteiger partial charge is 0.0714 e. The summed E-state index contributed by atoms with van der Waals surface area (Å²) in [5.74, 6) is 0. The van der Waals surface area contributed by atoms with Crippen LogP contribution in [0.25, 0.3) is 142 Å². The van der Waals surface area contributed by atoms with Crippen molar-refractivity contribution in [3.63, 3.8) is 0 Å². The summed E-state index contributed by atoms with van der Waals surface area (Å²) in [6.07, 6.45) is 35.3. The van der Waals surface area contributed by atoms with Gasteiger partial charge >= 0.3 is 0 Å². The Bertz CT molecular complexity index is 6160. The minimum absolute atomic E-state index is 0.617. The fourth-order valence-corrected chi connectivity index (χ4v) is 20.4. The molecule has 0 heterocycles. The van der Waals surface area contributed by atoms with Crippen molar-refractivity contribution in [1.82, 2.24) is 0 Å². The first-order chi connectivity index (χ1) is 57.7. The van der Waals surface area contributed by atoms with Crippen LogP contribution in [0.4, 0.5) is 0 Å². The van der Waals surface area contributed by atoms with E-state index in [0.29, 0.717) is 0 Å². The maximum Gasteiger partial charge on any atom is 0.0714 e. The zero-order valence-corrected chi connectivity index (χ0v) is 70.9. The Hall–Kier alpha value is -10.7. The van der Waals surface area contributed by atoms with Crippen molar-refractivity contribution >= 4 is 75.4 Å². The second-order valence-electron chi connectivity index (χ2n) is 35.0. The van der Waals surface area contributed by atoms with Crippen molar-refractivity contribution in [3.05, 3.63) is 335 Å². The van der Waals surface area contributed by atoms with Crippen molar-refractivity contribution in [2.45, 2.75) is 227 Å². The summed E-state index contributed by atoms with van der Waals surface area (Å²) in [4.78, 5) is 0. The van der Waals surface area contributed by atoms with Crippen LogP contribution in [0.2, 0.25) is 0 Å². The molecule has 0 aliphatic heterocycles. The van der Waals surface area contributed by atoms with Crippen molar-refractivity contribution in [2.24, 2.45) is 0 Å². The molecule has 17 rings (SSSR count). The number of aryl methyl sites for hydroxylation is 6. The van der Waals surface area contributed by atoms with Crippen LogP contribution in [0.15, 0.2) is 279 Å². The lowest BCUT2D eigenvalue weighted by atomic mass is 9.66. The Balaban J connectivity index is 0.806. The Morgan fingerprint density at radius 3 is 0.872 bits per heavy atom. The molecule has 0 amide bonds. The lowest BCUT2D eigenvalue weighted by molar-refractivity contribution is 0.607. The van der Waals surface area contributed by atoms with E-state index in [0.717, 1.165) is 25.7 Å². The van der Waals surface area contributed by atoms with Gasteiger partial charge in [0.05, 0.1) is 5.41 Å². The van der Waals surface area contributed by atoms with E-state index in [9.17, 15) is 0 Å². The van der Waals surface area contributed by atoms with Crippen molar-refractivity contribution < 1.29 is 0 Å². The molecule has 0 radical (unpaired) electrons. The summed E-state index contributed by atoms with van der Waals surface area (Å²) in [6, 6.07) is 111. The monoisotopic (exact) mass is 1520 g/mol. The van der Waals surface area contributed by atoms with Crippen molar-refractivity contribution in [3.8, 4) is 66.8 Å². The van der Waals surface area contributed by atoms with E-state index in [4.69, 9.17) is 0 Å². The van der Waals surface area contributed by atoms with E-state index in [1.165, 1.54) is 352 Å². The molecule has 588 valence electrons. The molecule has 0 aromatic heterocycles. The topological polar surface area (TPSA) is 0 Å². The highest BCUT2D eigenvalue weighted by Crippen LogP contribution is 2.58. The van der Waals surface area contributed by atoms with E-state index >= 15 is 0 Å². The van der Waals surface area contributed by atoms with Gasteiger partial charge in [-0.15, -0.1) is 0 Å². The molecule has 0 N–H and O–H groups in total. The molecule has 0 fully saturated rings. The molecule has 117 heavy (non-hydrogen) atoms. The predicted octanol–water partition coefficient (Wildman–Crippen LogP) is 34.7. The van der Waals surface area contributed by atoms with Gasteiger partial charge in [0.25, 0.3) is 0 Å². The predicted molar refractivity (Wildman–Crippen MR) is 511 cm³/mol. The van der Waals surface area contributed by atoms with Crippen LogP contribution in [-0.2, 0) is 31.1 Å². The van der Waals surface area contributed by atoms with Gasteiger partial charge < -0.3 is 0 Å². The Labute approximate surface area is 698 Å². The minimum atomic E-state index is -0.617. The van der Waals surface area contributed by atoms with Crippen LogP contribution in [0.3, 0.4) is 0 Å². The van der Waals surface area contributed by atoms with Gasteiger partial charge in [0.15, 0.2) is 0 Å². The van der Waals surface area contributed by atoms with Crippen LogP contribution >= 0.6 is 0 Å². The fourth-order valence-electron chi connectivity index (χ4n) is 20.4. The second kappa shape index (κ2) is 36.5. The van der Waals surface area contributed by atoms with Crippen LogP contribution in [0.5, 0.6) is 0 Å². The molecule has 0 unspecified atom stereocenters. The number of unbranched alkanes of at least 4 members (excludes halogenated alkanes) is 20. The van der Waals surface area contributed by atoms with Gasteiger partial charge in [0, 0.05) is 0 Å². The number of rotatable bonds is 35. The highest BCUT2D eigenvalue weighted by Gasteiger charge is 2.47. The minimum Gasteiger partial charge on any atom is -0.0654 e. The lowest BCUT2D eigenvalue weighted by Crippen LogP contribution is -2.28. The average molecular weight is 1530 g/mol. The molecule has 16 aromatic rings. The maximum atomic E-state index is 2.60. The molecule has 0 spiro atoms. The Kier molecular flexibility index (Phi) is 24.6. The first-order valence-electron chi connectivity index (χ1n) is 45.7. The average Bonchev–Trinajstić information content (AvgIpc) is 1.56. The van der Waals surface area contributed by atoms with Gasteiger partial charge in [-0.25, -0.2) is 0 Å². The first-order valence-corrected chi connectivity index (χ1v) is 45.7. The van der Waals surface area contributed by atoms with Gasteiger partial charge in [0.2, 0.25) is 0 Å². The van der Waals surface area contributed by atoms with Gasteiger partial charge in [-0.2, -0.15) is 0 Å². The van der Waals surface area contributed by atoms with E-state index in [2.05, 4.69) is 321 Å². The van der Waals surface area contributed by atoms with E-state index in [1.807, 2.05) is 0 Å². The summed E-state index contributed by atoms with van der Waals surface area (Å²) in [7, 11) is 0. The molecule has 0 bridgehead atoms. The Morgan fingerprint density at radius 1 is 0.197 bits per heavy atom. The normalized spacial score (nSPS) is 12.5. The lowest BCUT2D eigenvalue weighted by Gasteiger charge is -2.35. The van der Waals surface area contributed by atoms with Crippen LogP contribution < -0.4 is 0 Å². The molecule has 0 atom stereocenters. The number of benzene rings is 16. The number of fused-ring (bicyclic) bond motifs is 10. The number of hydrogen-bond acceptors (Lipinski definition) is 0. The molecule has 16 aromatic carbocycles. The summed E-state index contributed by atoms with van der Waals surface area (Å²) >= 11 is 0. The smallest absolute Gasteiger partial charge is 0.0654 e. The third kappa shape index (κ3) is 16.5. The van der Waals surface area contributed by atoms with E-state index < -0.39 is 5.41 Å². The van der Waals surface area contributed by atoms with Crippen LogP contribution in [0.1, 0.15) is 237 Å². The number of hydrogen-bond donors (Lipinski definition) is 0. The quantitative estimate of drug-likeness (QED) is 0.0274. The zero-order chi connectivity index (χ0) is 79.6. The molecule has 0 saturated heterocycles. The molecule has 1 aliphatic rings. The standard InChI is InChI=1S/C117H120/c1-7-11-15-19-23-28-36-83-47-67-104-107(72-83)113(90-53-50-89(51-54-90)87-40-32-27-33-41-87)103-66-46-84(37-29-24-20-16-12-8-2)73-108(103)115(104)97-58-55-94-79-99(62-60-92(94)77-97)117(111-70-81(5)44-64-101(111)102-65-45-82(6)71-112(102)117)100-63-61-93-78-98(59-56-95(93)80-100)116-106-69-49-85(38-30-25-21-17-13-9-3)74-109(106)114(96-57-52-88-42-34-35-43-91(88)76-96)105-68-48-86(75-110(105)116)39-31-26-22-18-14-10-4/h27,32-35,40-80H,7-26,28-31,36-39H2,1-6H3. The van der Waals surface area contributed by atoms with Crippen LogP contribution in [0, 0.1) is 13.8 Å². The molecule has 0 heteroatoms. The highest BCUT2D eigenvalue weighted by molar-refractivity contribution is 6.24. The SMILES string of the molecule is CCCCCCCCc1ccc2c(-c3ccc4cc(C5(c6ccc7cc(-c8c9ccc(CCCCCCCC)cc9c(-c9ccc%10ccccc%10c9)c9ccc(CCCCCCCC)cc89)ccc7c6)c6cc(C)ccc6-c6ccc(C)cc65)ccc4c3)c3cc(CCCCCCCC)ccc3c(-c3ccc(-c4ccccc4)cc3)c2c1. The van der Waals surface area contributed by atoms with Crippen molar-refractivity contribution in [2.75, 3.05) is 0 Å². The summed E-state index contributed by atoms with van der Waals surface area (Å²) in [6.45, 7) is 13.9. The molecular weight excluding hydrogens is 1410 g/mol. The zero-order valence-electron chi connectivity index (χ0n) is 70.9. The third-order valence-electron chi connectivity index (χ3n) is 26.7. The third-order valence-corrected chi connectivity index (χ3v) is 26.7. The molecule has 1 aliphatic carbocycles. The van der Waals surface area contributed by atoms with Gasteiger partial charge in [-0.3, -0.25) is 0 Å². The van der Waals surface area contributed by atoms with Gasteiger partial charge in [-0.05, 0) is 282 Å². The highest BCUT2D eigenvalue weighted by atomic mass is 14.5. The van der Waals surface area contributed by atoms with E-state index in [1.54, 1.807) is 0 Å². The van der Waals surface area contributed by atoms with Gasteiger partial charge in [0.1, 0.15) is 0 Å². The van der Waals surface area contributed by atoms with Gasteiger partial charge in [-0.1, -0.05) is 416 Å². The molecular formula is C117H120. The van der Waals surface area contributed by atoms with Crippen molar-refractivity contribution in [1.29, 1.82) is 0 Å². The van der Waals surface area contributed by atoms with E-state index in [-0.39, 0.29) is 0 Å². The summed E-state index contributed by atoms with van der Waals surface area (Å²) in [5, 5.41) is 18.3. The summed E-state index contributed by atoms with van der Waals surface area (Å²) in [5.41, 5.74) is 28.6. The first kappa shape index (κ1) is 78.8. The molecule has 0 nitrogen and oxygen atoms in total. The maximum absolute atomic E-state index is 2.60. The fraction of sp³-hybridized carbons (Fsp3) is 0.299. The summed E-state index contributed by atoms with van der Waals surface area (Å²) < 4.78 is 0. The Morgan fingerprint density at radius 2 is 0.487 bits per heavy atom. The second-order valence-corrected chi connectivity index (χ2v) is 35.0. The van der Waals surface area contributed by atoms with Crippen LogP contribution in [-0.4, -0.2) is 0 Å².